The number of fused-ring (bicyclic) bond motifs is 1. The van der Waals surface area contributed by atoms with Crippen molar-refractivity contribution in [3.05, 3.63) is 77.5 Å². The first-order chi connectivity index (χ1) is 15.8. The summed E-state index contributed by atoms with van der Waals surface area (Å²) in [5, 5.41) is 0.738. The van der Waals surface area contributed by atoms with Crippen LogP contribution in [-0.2, 0) is 22.3 Å². The van der Waals surface area contributed by atoms with Gasteiger partial charge in [0.1, 0.15) is 11.6 Å². The summed E-state index contributed by atoms with van der Waals surface area (Å²) in [5.74, 6) is 1.13. The van der Waals surface area contributed by atoms with Crippen LogP contribution in [0, 0.1) is 12.7 Å². The van der Waals surface area contributed by atoms with E-state index in [1.165, 1.54) is 28.2 Å². The van der Waals surface area contributed by atoms with Gasteiger partial charge in [0, 0.05) is 18.8 Å². The molecule has 0 amide bonds. The number of sulfonamides is 1. The van der Waals surface area contributed by atoms with Crippen LogP contribution in [0.15, 0.2) is 69.3 Å². The number of rotatable bonds is 9. The van der Waals surface area contributed by atoms with Gasteiger partial charge >= 0.3 is 0 Å². The van der Waals surface area contributed by atoms with Gasteiger partial charge in [0.15, 0.2) is 5.16 Å². The zero-order valence-corrected chi connectivity index (χ0v) is 20.4. The van der Waals surface area contributed by atoms with Crippen LogP contribution >= 0.6 is 11.8 Å². The second-order valence-electron chi connectivity index (χ2n) is 7.66. The van der Waals surface area contributed by atoms with Crippen molar-refractivity contribution < 1.29 is 17.2 Å². The Hall–Kier alpha value is -2.62. The maximum absolute atomic E-state index is 13.5. The number of furan rings is 1. The molecule has 0 aliphatic rings. The average molecular weight is 488 g/mol. The Balaban J connectivity index is 1.73. The summed E-state index contributed by atoms with van der Waals surface area (Å²) in [5.41, 5.74) is 3.32. The van der Waals surface area contributed by atoms with Crippen molar-refractivity contribution in [3.8, 4) is 0 Å². The van der Waals surface area contributed by atoms with Crippen LogP contribution in [-0.4, -0.2) is 35.4 Å². The van der Waals surface area contributed by atoms with E-state index in [1.54, 1.807) is 30.5 Å². The molecule has 0 bridgehead atoms. The Morgan fingerprint density at radius 3 is 2.58 bits per heavy atom. The zero-order chi connectivity index (χ0) is 23.6. The topological polar surface area (TPSA) is 68.3 Å². The number of aromatic nitrogens is 2. The smallest absolute Gasteiger partial charge is 0.243 e. The number of halogens is 1. The van der Waals surface area contributed by atoms with Crippen molar-refractivity contribution in [2.75, 3.05) is 13.1 Å². The van der Waals surface area contributed by atoms with Gasteiger partial charge < -0.3 is 8.98 Å². The molecule has 2 aromatic heterocycles. The van der Waals surface area contributed by atoms with E-state index in [9.17, 15) is 12.8 Å². The van der Waals surface area contributed by atoms with Crippen LogP contribution in [0.2, 0.25) is 0 Å². The van der Waals surface area contributed by atoms with E-state index in [-0.39, 0.29) is 10.7 Å². The summed E-state index contributed by atoms with van der Waals surface area (Å²) >= 11 is 1.52. The van der Waals surface area contributed by atoms with E-state index >= 15 is 0 Å². The van der Waals surface area contributed by atoms with Crippen molar-refractivity contribution >= 4 is 32.8 Å². The fourth-order valence-corrected chi connectivity index (χ4v) is 6.31. The van der Waals surface area contributed by atoms with Gasteiger partial charge in [-0.1, -0.05) is 31.7 Å². The Kier molecular flexibility index (Phi) is 6.92. The summed E-state index contributed by atoms with van der Waals surface area (Å²) in [4.78, 5) is 5.00. The minimum absolute atomic E-state index is 0.229. The molecule has 0 saturated carbocycles. The molecule has 6 nitrogen and oxygen atoms in total. The number of nitrogens with zero attached hydrogens (tertiary/aromatic N) is 3. The lowest BCUT2D eigenvalue weighted by molar-refractivity contribution is 0.445. The number of benzene rings is 2. The Morgan fingerprint density at radius 2 is 1.91 bits per heavy atom. The Labute approximate surface area is 197 Å². The summed E-state index contributed by atoms with van der Waals surface area (Å²) in [6.45, 7) is 6.81. The molecule has 0 spiro atoms. The number of hydrogen-bond donors (Lipinski definition) is 0. The van der Waals surface area contributed by atoms with E-state index in [4.69, 9.17) is 9.40 Å². The number of imidazole rings is 1. The molecule has 4 rings (SSSR count). The van der Waals surface area contributed by atoms with Crippen LogP contribution in [0.4, 0.5) is 4.39 Å². The highest BCUT2D eigenvalue weighted by Crippen LogP contribution is 2.30. The van der Waals surface area contributed by atoms with Crippen LogP contribution in [0.3, 0.4) is 0 Å². The first-order valence-electron chi connectivity index (χ1n) is 10.7. The van der Waals surface area contributed by atoms with Gasteiger partial charge in [-0.15, -0.1) is 0 Å². The maximum Gasteiger partial charge on any atom is 0.243 e. The molecule has 0 radical (unpaired) electrons. The van der Waals surface area contributed by atoms with Crippen LogP contribution in [0.25, 0.3) is 11.0 Å². The summed E-state index contributed by atoms with van der Waals surface area (Å²) in [6.07, 6.45) is 1.62. The molecular formula is C24H26FN3O3S2. The lowest BCUT2D eigenvalue weighted by Gasteiger charge is -2.18. The monoisotopic (exact) mass is 487 g/mol. The first-order valence-corrected chi connectivity index (χ1v) is 13.2. The standard InChI is InChI=1S/C24H26FN3O3S2/c1-4-27(5-2)33(29,30)21-10-11-23-22(14-21)26-24(28(23)15-20-7-6-12-31-20)32-16-18-8-9-19(25)13-17(18)3/h6-14H,4-5,15-16H2,1-3H3. The molecule has 2 heterocycles. The van der Waals surface area contributed by atoms with E-state index in [2.05, 4.69) is 0 Å². The molecule has 9 heteroatoms. The highest BCUT2D eigenvalue weighted by Gasteiger charge is 2.23. The zero-order valence-electron chi connectivity index (χ0n) is 18.8. The molecule has 4 aromatic rings. The van der Waals surface area contributed by atoms with E-state index in [0.717, 1.165) is 27.6 Å². The largest absolute Gasteiger partial charge is 0.467 e. The second kappa shape index (κ2) is 9.70. The predicted octanol–water partition coefficient (Wildman–Crippen LogP) is 5.45. The fourth-order valence-electron chi connectivity index (χ4n) is 3.75. The van der Waals surface area contributed by atoms with Crippen LogP contribution in [0.1, 0.15) is 30.7 Å². The summed E-state index contributed by atoms with van der Waals surface area (Å²) < 4.78 is 48.5. The molecule has 0 saturated heterocycles. The lowest BCUT2D eigenvalue weighted by Crippen LogP contribution is -2.30. The minimum atomic E-state index is -3.59. The minimum Gasteiger partial charge on any atom is -0.467 e. The van der Waals surface area contributed by atoms with Gasteiger partial charge in [0.05, 0.1) is 28.7 Å². The third-order valence-corrected chi connectivity index (χ3v) is 8.65. The van der Waals surface area contributed by atoms with Gasteiger partial charge in [0.25, 0.3) is 0 Å². The summed E-state index contributed by atoms with van der Waals surface area (Å²) in [6, 6.07) is 13.6. The highest BCUT2D eigenvalue weighted by molar-refractivity contribution is 7.98. The molecular weight excluding hydrogens is 461 g/mol. The highest BCUT2D eigenvalue weighted by atomic mass is 32.2. The SMILES string of the molecule is CCN(CC)S(=O)(=O)c1ccc2c(c1)nc(SCc1ccc(F)cc1C)n2Cc1ccco1. The van der Waals surface area contributed by atoms with E-state index < -0.39 is 10.0 Å². The van der Waals surface area contributed by atoms with E-state index in [1.807, 2.05) is 37.5 Å². The van der Waals surface area contributed by atoms with Crippen molar-refractivity contribution in [2.45, 2.75) is 43.1 Å². The molecule has 0 atom stereocenters. The van der Waals surface area contributed by atoms with Gasteiger partial charge in [-0.05, 0) is 60.5 Å². The predicted molar refractivity (Wildman–Crippen MR) is 128 cm³/mol. The second-order valence-corrected chi connectivity index (χ2v) is 10.5. The third-order valence-electron chi connectivity index (χ3n) is 5.58. The molecule has 33 heavy (non-hydrogen) atoms. The summed E-state index contributed by atoms with van der Waals surface area (Å²) in [7, 11) is -3.59. The fraction of sp³-hybridized carbons (Fsp3) is 0.292. The van der Waals surface area contributed by atoms with Crippen molar-refractivity contribution in [1.29, 1.82) is 0 Å². The number of thioether (sulfide) groups is 1. The maximum atomic E-state index is 13.5. The quantitative estimate of drug-likeness (QED) is 0.294. The van der Waals surface area contributed by atoms with Gasteiger partial charge in [-0.2, -0.15) is 4.31 Å². The Morgan fingerprint density at radius 1 is 1.12 bits per heavy atom. The van der Waals surface area contributed by atoms with E-state index in [0.29, 0.717) is 30.9 Å². The van der Waals surface area contributed by atoms with Crippen molar-refractivity contribution in [2.24, 2.45) is 0 Å². The van der Waals surface area contributed by atoms with Crippen LogP contribution < -0.4 is 0 Å². The number of aryl methyl sites for hydroxylation is 1. The average Bonchev–Trinajstić information content (AvgIpc) is 3.42. The Bertz CT molecular complexity index is 1360. The molecule has 0 aliphatic heterocycles. The lowest BCUT2D eigenvalue weighted by atomic mass is 10.1. The third kappa shape index (κ3) is 4.85. The molecule has 174 valence electrons. The molecule has 0 aliphatic carbocycles. The normalized spacial score (nSPS) is 12.2. The molecule has 0 unspecified atom stereocenters. The molecule has 0 N–H and O–H groups in total. The molecule has 0 fully saturated rings. The van der Waals surface area contributed by atoms with Crippen LogP contribution in [0.5, 0.6) is 0 Å². The molecule has 2 aromatic carbocycles. The first kappa shape index (κ1) is 23.5. The van der Waals surface area contributed by atoms with Gasteiger partial charge in [0.2, 0.25) is 10.0 Å². The van der Waals surface area contributed by atoms with Crippen molar-refractivity contribution in [3.63, 3.8) is 0 Å². The van der Waals surface area contributed by atoms with Crippen molar-refractivity contribution in [1.82, 2.24) is 13.9 Å². The van der Waals surface area contributed by atoms with Gasteiger partial charge in [-0.3, -0.25) is 0 Å². The number of hydrogen-bond acceptors (Lipinski definition) is 5. The van der Waals surface area contributed by atoms with Gasteiger partial charge in [-0.25, -0.2) is 17.8 Å².